The zero-order chi connectivity index (χ0) is 23.6. The standard InChI is InChI=1S/C22H19Cl2F3N4OS/c23-15-4-5-17(18(24)11-15)19-13-33-21(28-19)29-20(32)12-30-6-8-31(9-7-30)16-3-1-2-14(10-16)22(25,26)27/h1-5,10-11,13H,6-9,12H2,(H,28,29,32). The number of aromatic nitrogens is 1. The number of halogens is 5. The first-order valence-electron chi connectivity index (χ1n) is 10.0. The van der Waals surface area contributed by atoms with Gasteiger partial charge in [-0.05, 0) is 36.4 Å². The summed E-state index contributed by atoms with van der Waals surface area (Å²) in [5.41, 5.74) is 1.24. The number of thiazole rings is 1. The zero-order valence-electron chi connectivity index (χ0n) is 17.2. The average Bonchev–Trinajstić information content (AvgIpc) is 3.21. The van der Waals surface area contributed by atoms with Crippen molar-refractivity contribution >= 4 is 51.3 Å². The molecule has 1 fully saturated rings. The molecule has 2 aromatic carbocycles. The van der Waals surface area contributed by atoms with Gasteiger partial charge in [0.2, 0.25) is 5.91 Å². The van der Waals surface area contributed by atoms with Crippen molar-refractivity contribution in [1.29, 1.82) is 0 Å². The maximum absolute atomic E-state index is 13.0. The molecule has 4 rings (SSSR count). The monoisotopic (exact) mass is 514 g/mol. The highest BCUT2D eigenvalue weighted by atomic mass is 35.5. The first-order chi connectivity index (χ1) is 15.7. The number of hydrogen-bond acceptors (Lipinski definition) is 5. The van der Waals surface area contributed by atoms with Crippen LogP contribution in [-0.2, 0) is 11.0 Å². The Morgan fingerprint density at radius 1 is 1.09 bits per heavy atom. The van der Waals surface area contributed by atoms with Crippen LogP contribution in [0, 0.1) is 0 Å². The summed E-state index contributed by atoms with van der Waals surface area (Å²) in [6.45, 7) is 2.36. The zero-order valence-corrected chi connectivity index (χ0v) is 19.5. The molecule has 1 saturated heterocycles. The van der Waals surface area contributed by atoms with Crippen LogP contribution in [0.4, 0.5) is 24.0 Å². The van der Waals surface area contributed by atoms with Crippen molar-refractivity contribution in [1.82, 2.24) is 9.88 Å². The molecule has 0 unspecified atom stereocenters. The number of hydrogen-bond donors (Lipinski definition) is 1. The molecular formula is C22H19Cl2F3N4OS. The third-order valence-electron chi connectivity index (χ3n) is 5.24. The smallest absolute Gasteiger partial charge is 0.369 e. The van der Waals surface area contributed by atoms with Crippen LogP contribution in [0.3, 0.4) is 0 Å². The van der Waals surface area contributed by atoms with Crippen LogP contribution >= 0.6 is 34.5 Å². The fraction of sp³-hybridized carbons (Fsp3) is 0.273. The lowest BCUT2D eigenvalue weighted by Crippen LogP contribution is -2.48. The van der Waals surface area contributed by atoms with Crippen LogP contribution in [0.5, 0.6) is 0 Å². The Bertz CT molecular complexity index is 1150. The summed E-state index contributed by atoms with van der Waals surface area (Å²) in [7, 11) is 0. The number of alkyl halides is 3. The highest BCUT2D eigenvalue weighted by Crippen LogP contribution is 2.33. The molecule has 1 aliphatic rings. The number of nitrogens with zero attached hydrogens (tertiary/aromatic N) is 3. The number of nitrogens with one attached hydrogen (secondary N) is 1. The minimum atomic E-state index is -4.37. The summed E-state index contributed by atoms with van der Waals surface area (Å²) >= 11 is 13.4. The van der Waals surface area contributed by atoms with Gasteiger partial charge in [0.1, 0.15) is 0 Å². The number of piperazine rings is 1. The molecule has 1 amide bonds. The highest BCUT2D eigenvalue weighted by molar-refractivity contribution is 7.14. The van der Waals surface area contributed by atoms with Gasteiger partial charge >= 0.3 is 6.18 Å². The average molecular weight is 515 g/mol. The predicted octanol–water partition coefficient (Wildman–Crippen LogP) is 5.90. The predicted molar refractivity (Wildman–Crippen MR) is 126 cm³/mol. The van der Waals surface area contributed by atoms with E-state index in [9.17, 15) is 18.0 Å². The molecule has 174 valence electrons. The maximum Gasteiger partial charge on any atom is 0.416 e. The lowest BCUT2D eigenvalue weighted by atomic mass is 10.1. The van der Waals surface area contributed by atoms with Gasteiger partial charge in [-0.3, -0.25) is 9.69 Å². The molecule has 3 aromatic rings. The quantitative estimate of drug-likeness (QED) is 0.460. The van der Waals surface area contributed by atoms with E-state index >= 15 is 0 Å². The summed E-state index contributed by atoms with van der Waals surface area (Å²) < 4.78 is 38.9. The highest BCUT2D eigenvalue weighted by Gasteiger charge is 2.31. The van der Waals surface area contributed by atoms with Crippen molar-refractivity contribution in [2.45, 2.75) is 6.18 Å². The molecule has 33 heavy (non-hydrogen) atoms. The van der Waals surface area contributed by atoms with Crippen molar-refractivity contribution < 1.29 is 18.0 Å². The molecule has 0 atom stereocenters. The molecule has 11 heteroatoms. The minimum Gasteiger partial charge on any atom is -0.369 e. The summed E-state index contributed by atoms with van der Waals surface area (Å²) in [5.74, 6) is -0.203. The van der Waals surface area contributed by atoms with Crippen molar-refractivity contribution in [3.8, 4) is 11.3 Å². The van der Waals surface area contributed by atoms with Crippen LogP contribution in [0.1, 0.15) is 5.56 Å². The fourth-order valence-electron chi connectivity index (χ4n) is 3.56. The number of benzene rings is 2. The largest absolute Gasteiger partial charge is 0.416 e. The first kappa shape index (κ1) is 23.8. The third-order valence-corrected chi connectivity index (χ3v) is 6.54. The van der Waals surface area contributed by atoms with Gasteiger partial charge in [-0.2, -0.15) is 13.2 Å². The Hall–Kier alpha value is -2.33. The molecule has 1 N–H and O–H groups in total. The molecule has 0 radical (unpaired) electrons. The molecule has 1 aromatic heterocycles. The minimum absolute atomic E-state index is 0.174. The SMILES string of the molecule is O=C(CN1CCN(c2cccc(C(F)(F)F)c2)CC1)Nc1nc(-c2ccc(Cl)cc2Cl)cs1. The number of carbonyl (C=O) groups excluding carboxylic acids is 1. The van der Waals surface area contributed by atoms with Gasteiger partial charge in [-0.1, -0.05) is 29.3 Å². The maximum atomic E-state index is 13.0. The van der Waals surface area contributed by atoms with Crippen molar-refractivity contribution in [2.24, 2.45) is 0 Å². The van der Waals surface area contributed by atoms with Gasteiger partial charge < -0.3 is 10.2 Å². The van der Waals surface area contributed by atoms with E-state index in [0.29, 0.717) is 52.7 Å². The van der Waals surface area contributed by atoms with Crippen molar-refractivity contribution in [3.05, 3.63) is 63.5 Å². The van der Waals surface area contributed by atoms with Gasteiger partial charge in [0, 0.05) is 47.8 Å². The van der Waals surface area contributed by atoms with Gasteiger partial charge in [0.15, 0.2) is 5.13 Å². The third kappa shape index (κ3) is 5.97. The molecule has 1 aliphatic heterocycles. The Kier molecular flexibility index (Phi) is 7.13. The Balaban J connectivity index is 1.30. The second-order valence-electron chi connectivity index (χ2n) is 7.52. The number of carbonyl (C=O) groups is 1. The number of rotatable bonds is 5. The number of amides is 1. The van der Waals surface area contributed by atoms with E-state index in [1.165, 1.54) is 17.4 Å². The summed E-state index contributed by atoms with van der Waals surface area (Å²) in [6, 6.07) is 10.4. The summed E-state index contributed by atoms with van der Waals surface area (Å²) in [4.78, 5) is 20.8. The second kappa shape index (κ2) is 9.89. The Labute approximate surface area is 202 Å². The molecular weight excluding hydrogens is 496 g/mol. The van der Waals surface area contributed by atoms with Gasteiger partial charge in [-0.25, -0.2) is 4.98 Å². The van der Waals surface area contributed by atoms with E-state index in [0.717, 1.165) is 17.7 Å². The van der Waals surface area contributed by atoms with Crippen LogP contribution in [-0.4, -0.2) is 48.5 Å². The molecule has 2 heterocycles. The molecule has 0 spiro atoms. The van der Waals surface area contributed by atoms with E-state index in [1.807, 2.05) is 9.80 Å². The normalized spacial score (nSPS) is 15.0. The van der Waals surface area contributed by atoms with E-state index in [-0.39, 0.29) is 12.5 Å². The second-order valence-corrected chi connectivity index (χ2v) is 9.22. The fourth-order valence-corrected chi connectivity index (χ4v) is 4.79. The Morgan fingerprint density at radius 2 is 1.85 bits per heavy atom. The van der Waals surface area contributed by atoms with E-state index in [2.05, 4.69) is 10.3 Å². The topological polar surface area (TPSA) is 48.5 Å². The van der Waals surface area contributed by atoms with E-state index < -0.39 is 11.7 Å². The Morgan fingerprint density at radius 3 is 2.55 bits per heavy atom. The van der Waals surface area contributed by atoms with Crippen LogP contribution in [0.15, 0.2) is 47.8 Å². The van der Waals surface area contributed by atoms with Crippen LogP contribution in [0.2, 0.25) is 10.0 Å². The van der Waals surface area contributed by atoms with Crippen molar-refractivity contribution in [3.63, 3.8) is 0 Å². The van der Waals surface area contributed by atoms with Gasteiger partial charge in [0.05, 0.1) is 22.8 Å². The van der Waals surface area contributed by atoms with Gasteiger partial charge in [-0.15, -0.1) is 11.3 Å². The van der Waals surface area contributed by atoms with Crippen molar-refractivity contribution in [2.75, 3.05) is 42.9 Å². The van der Waals surface area contributed by atoms with Crippen LogP contribution in [0.25, 0.3) is 11.3 Å². The number of anilines is 2. The molecule has 0 bridgehead atoms. The summed E-state index contributed by atoms with van der Waals surface area (Å²) in [6.07, 6.45) is -4.37. The van der Waals surface area contributed by atoms with E-state index in [4.69, 9.17) is 23.2 Å². The van der Waals surface area contributed by atoms with Gasteiger partial charge in [0.25, 0.3) is 0 Å². The van der Waals surface area contributed by atoms with Crippen LogP contribution < -0.4 is 10.2 Å². The molecule has 0 aliphatic carbocycles. The lowest BCUT2D eigenvalue weighted by Gasteiger charge is -2.35. The van der Waals surface area contributed by atoms with E-state index in [1.54, 1.807) is 29.6 Å². The summed E-state index contributed by atoms with van der Waals surface area (Å²) in [5, 5.41) is 6.07. The lowest BCUT2D eigenvalue weighted by molar-refractivity contribution is -0.137. The molecule has 0 saturated carbocycles. The first-order valence-corrected chi connectivity index (χ1v) is 11.7. The molecule has 5 nitrogen and oxygen atoms in total.